The third kappa shape index (κ3) is 5.03. The molecule has 0 aliphatic carbocycles. The van der Waals surface area contributed by atoms with Gasteiger partial charge in [-0.1, -0.05) is 27.5 Å². The van der Waals surface area contributed by atoms with Gasteiger partial charge in [-0.2, -0.15) is 0 Å². The van der Waals surface area contributed by atoms with Gasteiger partial charge in [-0.15, -0.1) is 24.8 Å². The summed E-state index contributed by atoms with van der Waals surface area (Å²) in [4.78, 5) is 2.14. The van der Waals surface area contributed by atoms with Crippen LogP contribution in [0, 0.1) is 0 Å². The third-order valence-corrected chi connectivity index (χ3v) is 3.89. The van der Waals surface area contributed by atoms with Crippen LogP contribution in [0.4, 0.5) is 4.39 Å². The molecule has 1 aromatic rings. The summed E-state index contributed by atoms with van der Waals surface area (Å²) >= 11 is 9.57. The Labute approximate surface area is 139 Å². The Bertz CT molecular complexity index is 389. The number of hydrogen-bond donors (Lipinski definition) is 1. The fourth-order valence-corrected chi connectivity index (χ4v) is 2.76. The zero-order chi connectivity index (χ0) is 12.3. The Hall–Kier alpha value is 0.420. The van der Waals surface area contributed by atoms with Crippen molar-refractivity contribution >= 4 is 52.3 Å². The van der Waals surface area contributed by atoms with E-state index in [0.29, 0.717) is 5.02 Å². The molecule has 7 heteroatoms. The topological polar surface area (TPSA) is 15.3 Å². The maximum absolute atomic E-state index is 13.3. The second kappa shape index (κ2) is 9.37. The van der Waals surface area contributed by atoms with Crippen LogP contribution in [0.15, 0.2) is 22.7 Å². The van der Waals surface area contributed by atoms with Crippen molar-refractivity contribution in [2.75, 3.05) is 32.9 Å². The maximum atomic E-state index is 13.3. The molecule has 2 nitrogen and oxygen atoms in total. The summed E-state index contributed by atoms with van der Waals surface area (Å²) in [6, 6.07) is 5.36. The van der Waals surface area contributed by atoms with E-state index in [0.717, 1.165) is 36.2 Å². The SMILES string of the molecule is Cl.Cl.FC[C@H](c1cc(Br)ccc1Cl)N1CCNCC1. The predicted octanol–water partition coefficient (Wildman–Crippen LogP) is 3.86. The van der Waals surface area contributed by atoms with Crippen molar-refractivity contribution in [1.82, 2.24) is 10.2 Å². The van der Waals surface area contributed by atoms with Gasteiger partial charge in [0.15, 0.2) is 0 Å². The number of piperazine rings is 1. The zero-order valence-corrected chi connectivity index (χ0v) is 14.2. The molecule has 0 radical (unpaired) electrons. The summed E-state index contributed by atoms with van der Waals surface area (Å²) in [6.07, 6.45) is 0. The van der Waals surface area contributed by atoms with Crippen LogP contribution >= 0.6 is 52.3 Å². The first-order valence-corrected chi connectivity index (χ1v) is 6.85. The van der Waals surface area contributed by atoms with Crippen molar-refractivity contribution in [1.29, 1.82) is 0 Å². The van der Waals surface area contributed by atoms with E-state index >= 15 is 0 Å². The number of alkyl halides is 1. The Balaban J connectivity index is 0.00000162. The third-order valence-electron chi connectivity index (χ3n) is 3.06. The second-order valence-corrected chi connectivity index (χ2v) is 5.44. The van der Waals surface area contributed by atoms with Gasteiger partial charge in [0.25, 0.3) is 0 Å². The Morgan fingerprint density at radius 2 is 1.95 bits per heavy atom. The minimum atomic E-state index is -0.407. The highest BCUT2D eigenvalue weighted by atomic mass is 79.9. The van der Waals surface area contributed by atoms with E-state index in [1.165, 1.54) is 0 Å². The van der Waals surface area contributed by atoms with Crippen LogP contribution in [0.2, 0.25) is 5.02 Å². The molecule has 1 saturated heterocycles. The molecule has 0 saturated carbocycles. The number of hydrogen-bond acceptors (Lipinski definition) is 2. The fraction of sp³-hybridized carbons (Fsp3) is 0.500. The standard InChI is InChI=1S/C12H15BrClFN2.2ClH/c13-9-1-2-11(14)10(7-9)12(8-15)17-5-3-16-4-6-17;;/h1-2,7,12,16H,3-6,8H2;2*1H/t12-;;/m1../s1. The van der Waals surface area contributed by atoms with Crippen LogP contribution in [0.3, 0.4) is 0 Å². The lowest BCUT2D eigenvalue weighted by atomic mass is 10.1. The van der Waals surface area contributed by atoms with Gasteiger partial charge >= 0.3 is 0 Å². The lowest BCUT2D eigenvalue weighted by Gasteiger charge is -2.34. The zero-order valence-electron chi connectivity index (χ0n) is 10.2. The fourth-order valence-electron chi connectivity index (χ4n) is 2.14. The Morgan fingerprint density at radius 3 is 2.53 bits per heavy atom. The molecule has 0 bridgehead atoms. The minimum Gasteiger partial charge on any atom is -0.314 e. The van der Waals surface area contributed by atoms with E-state index < -0.39 is 6.67 Å². The quantitative estimate of drug-likeness (QED) is 0.837. The largest absolute Gasteiger partial charge is 0.314 e. The van der Waals surface area contributed by atoms with Crippen LogP contribution in [-0.4, -0.2) is 37.8 Å². The highest BCUT2D eigenvalue weighted by molar-refractivity contribution is 9.10. The lowest BCUT2D eigenvalue weighted by molar-refractivity contribution is 0.147. The van der Waals surface area contributed by atoms with E-state index in [4.69, 9.17) is 11.6 Å². The highest BCUT2D eigenvalue weighted by Gasteiger charge is 2.24. The van der Waals surface area contributed by atoms with Crippen molar-refractivity contribution in [3.63, 3.8) is 0 Å². The average Bonchev–Trinajstić information content (AvgIpc) is 2.36. The van der Waals surface area contributed by atoms with Crippen molar-refractivity contribution in [3.8, 4) is 0 Å². The molecule has 2 rings (SSSR count). The molecule has 1 heterocycles. The van der Waals surface area contributed by atoms with Gasteiger partial charge < -0.3 is 5.32 Å². The molecule has 0 aromatic heterocycles. The van der Waals surface area contributed by atoms with Crippen molar-refractivity contribution < 1.29 is 4.39 Å². The number of nitrogens with zero attached hydrogens (tertiary/aromatic N) is 1. The normalized spacial score (nSPS) is 17.2. The summed E-state index contributed by atoms with van der Waals surface area (Å²) in [5.74, 6) is 0. The predicted molar refractivity (Wildman–Crippen MR) is 86.8 cm³/mol. The average molecular weight is 395 g/mol. The van der Waals surface area contributed by atoms with Gasteiger partial charge in [-0.3, -0.25) is 4.90 Å². The highest BCUT2D eigenvalue weighted by Crippen LogP contribution is 2.30. The first-order chi connectivity index (χ1) is 8.22. The molecule has 1 atom stereocenters. The van der Waals surface area contributed by atoms with E-state index in [-0.39, 0.29) is 30.9 Å². The molecule has 19 heavy (non-hydrogen) atoms. The van der Waals surface area contributed by atoms with E-state index in [1.807, 2.05) is 18.2 Å². The van der Waals surface area contributed by atoms with Crippen LogP contribution < -0.4 is 5.32 Å². The van der Waals surface area contributed by atoms with Crippen molar-refractivity contribution in [3.05, 3.63) is 33.3 Å². The lowest BCUT2D eigenvalue weighted by Crippen LogP contribution is -2.45. The van der Waals surface area contributed by atoms with Crippen LogP contribution in [0.1, 0.15) is 11.6 Å². The molecule has 1 aliphatic heterocycles. The number of halogens is 5. The Morgan fingerprint density at radius 1 is 1.32 bits per heavy atom. The smallest absolute Gasteiger partial charge is 0.109 e. The van der Waals surface area contributed by atoms with Gasteiger partial charge in [-0.25, -0.2) is 4.39 Å². The van der Waals surface area contributed by atoms with Crippen molar-refractivity contribution in [2.45, 2.75) is 6.04 Å². The molecule has 1 aromatic carbocycles. The monoisotopic (exact) mass is 392 g/mol. The first kappa shape index (κ1) is 19.4. The second-order valence-electron chi connectivity index (χ2n) is 4.12. The van der Waals surface area contributed by atoms with Gasteiger partial charge in [0.1, 0.15) is 6.67 Å². The van der Waals surface area contributed by atoms with Gasteiger partial charge in [0.05, 0.1) is 6.04 Å². The summed E-state index contributed by atoms with van der Waals surface area (Å²) < 4.78 is 14.2. The number of nitrogens with one attached hydrogen (secondary N) is 1. The van der Waals surface area contributed by atoms with Gasteiger partial charge in [0, 0.05) is 35.7 Å². The first-order valence-electron chi connectivity index (χ1n) is 5.68. The molecule has 1 aliphatic rings. The molecule has 1 fully saturated rings. The van der Waals surface area contributed by atoms with Crippen molar-refractivity contribution in [2.24, 2.45) is 0 Å². The van der Waals surface area contributed by atoms with E-state index in [1.54, 1.807) is 0 Å². The summed E-state index contributed by atoms with van der Waals surface area (Å²) in [5.41, 5.74) is 0.866. The van der Waals surface area contributed by atoms with E-state index in [9.17, 15) is 4.39 Å². The maximum Gasteiger partial charge on any atom is 0.109 e. The number of rotatable bonds is 3. The molecule has 0 spiro atoms. The Kier molecular flexibility index (Phi) is 9.58. The molecular weight excluding hydrogens is 377 g/mol. The van der Waals surface area contributed by atoms with E-state index in [2.05, 4.69) is 26.1 Å². The van der Waals surface area contributed by atoms with Crippen LogP contribution in [-0.2, 0) is 0 Å². The summed E-state index contributed by atoms with van der Waals surface area (Å²) in [6.45, 7) is 3.12. The van der Waals surface area contributed by atoms with Crippen LogP contribution in [0.25, 0.3) is 0 Å². The summed E-state index contributed by atoms with van der Waals surface area (Å²) in [5, 5.41) is 3.90. The molecule has 110 valence electrons. The van der Waals surface area contributed by atoms with Gasteiger partial charge in [0.2, 0.25) is 0 Å². The molecule has 1 N–H and O–H groups in total. The van der Waals surface area contributed by atoms with Crippen LogP contribution in [0.5, 0.6) is 0 Å². The minimum absolute atomic E-state index is 0. The number of benzene rings is 1. The van der Waals surface area contributed by atoms with Gasteiger partial charge in [-0.05, 0) is 23.8 Å². The molecule has 0 unspecified atom stereocenters. The molecule has 0 amide bonds. The summed E-state index contributed by atoms with van der Waals surface area (Å²) in [7, 11) is 0. The molecular formula is C12H17BrCl3FN2.